The Bertz CT molecular complexity index is 1060. The molecule has 4 N–H and O–H groups in total. The molecular weight excluding hydrogens is 322 g/mol. The van der Waals surface area contributed by atoms with Gasteiger partial charge in [0.25, 0.3) is 0 Å². The van der Waals surface area contributed by atoms with Gasteiger partial charge in [-0.05, 0) is 23.6 Å². The highest BCUT2D eigenvalue weighted by Crippen LogP contribution is 2.37. The van der Waals surface area contributed by atoms with E-state index < -0.39 is 0 Å². The number of imidazole rings is 1. The number of nitrogens with zero attached hydrogens (tertiary/aromatic N) is 4. The third-order valence-corrected chi connectivity index (χ3v) is 4.94. The summed E-state index contributed by atoms with van der Waals surface area (Å²) in [5.41, 5.74) is 9.81. The molecule has 4 heterocycles. The van der Waals surface area contributed by atoms with E-state index in [-0.39, 0.29) is 6.17 Å². The highest BCUT2D eigenvalue weighted by atomic mass is 32.1. The maximum absolute atomic E-state index is 5.99. The number of thiophene rings is 1. The van der Waals surface area contributed by atoms with Crippen molar-refractivity contribution < 1.29 is 0 Å². The number of hydrogen-bond acceptors (Lipinski definition) is 6. The van der Waals surface area contributed by atoms with Crippen LogP contribution in [-0.4, -0.2) is 25.7 Å². The number of aromatic amines is 1. The zero-order valence-corrected chi connectivity index (χ0v) is 13.3. The largest absolute Gasteiger partial charge is 0.370 e. The van der Waals surface area contributed by atoms with Crippen LogP contribution in [0.2, 0.25) is 0 Å². The minimum atomic E-state index is -0.315. The molecular formula is C16H13N7S. The molecule has 8 heteroatoms. The van der Waals surface area contributed by atoms with Crippen LogP contribution in [0, 0.1) is 0 Å². The van der Waals surface area contributed by atoms with Crippen LogP contribution in [0.5, 0.6) is 0 Å². The summed E-state index contributed by atoms with van der Waals surface area (Å²) in [5, 5.41) is 12.4. The van der Waals surface area contributed by atoms with Gasteiger partial charge in [-0.3, -0.25) is 15.0 Å². The number of benzene rings is 1. The van der Waals surface area contributed by atoms with Gasteiger partial charge in [0.1, 0.15) is 0 Å². The van der Waals surface area contributed by atoms with Gasteiger partial charge < -0.3 is 5.73 Å². The second kappa shape index (κ2) is 4.93. The number of aliphatic imine (C=N–C) groups is 1. The lowest BCUT2D eigenvalue weighted by atomic mass is 10.1. The van der Waals surface area contributed by atoms with Gasteiger partial charge in [-0.1, -0.05) is 18.2 Å². The summed E-state index contributed by atoms with van der Waals surface area (Å²) in [6.07, 6.45) is 1.49. The van der Waals surface area contributed by atoms with E-state index in [0.717, 1.165) is 27.2 Å². The minimum Gasteiger partial charge on any atom is -0.370 e. The van der Waals surface area contributed by atoms with Crippen LogP contribution in [0.25, 0.3) is 21.6 Å². The summed E-state index contributed by atoms with van der Waals surface area (Å²) >= 11 is 1.66. The van der Waals surface area contributed by atoms with E-state index in [0.29, 0.717) is 11.9 Å². The molecule has 24 heavy (non-hydrogen) atoms. The van der Waals surface area contributed by atoms with Crippen molar-refractivity contribution in [2.75, 3.05) is 5.32 Å². The number of fused-ring (bicyclic) bond motifs is 3. The van der Waals surface area contributed by atoms with Crippen LogP contribution >= 0.6 is 11.3 Å². The minimum absolute atomic E-state index is 0.315. The fourth-order valence-electron chi connectivity index (χ4n) is 3.03. The fourth-order valence-corrected chi connectivity index (χ4v) is 3.78. The molecule has 7 nitrogen and oxygen atoms in total. The molecule has 1 aromatic carbocycles. The quantitative estimate of drug-likeness (QED) is 0.525. The summed E-state index contributed by atoms with van der Waals surface area (Å²) < 4.78 is 2.05. The fraction of sp³-hybridized carbons (Fsp3) is 0.0625. The Balaban J connectivity index is 1.75. The van der Waals surface area contributed by atoms with Crippen molar-refractivity contribution in [3.05, 3.63) is 53.5 Å². The van der Waals surface area contributed by atoms with E-state index in [1.54, 1.807) is 17.5 Å². The number of H-pyrrole nitrogens is 1. The van der Waals surface area contributed by atoms with Gasteiger partial charge >= 0.3 is 0 Å². The average molecular weight is 335 g/mol. The van der Waals surface area contributed by atoms with Crippen LogP contribution in [0.4, 0.5) is 5.95 Å². The molecule has 0 bridgehead atoms. The second-order valence-corrected chi connectivity index (χ2v) is 6.43. The number of nitrogens with two attached hydrogens (primary N) is 1. The van der Waals surface area contributed by atoms with E-state index in [4.69, 9.17) is 5.73 Å². The van der Waals surface area contributed by atoms with Crippen molar-refractivity contribution in [1.82, 2.24) is 19.7 Å². The van der Waals surface area contributed by atoms with E-state index >= 15 is 0 Å². The molecule has 0 radical (unpaired) electrons. The van der Waals surface area contributed by atoms with Gasteiger partial charge in [-0.2, -0.15) is 5.10 Å². The average Bonchev–Trinajstić information content (AvgIpc) is 3.31. The zero-order valence-electron chi connectivity index (χ0n) is 12.5. The summed E-state index contributed by atoms with van der Waals surface area (Å²) in [6.45, 7) is 0. The Labute approximate surface area is 140 Å². The molecule has 0 spiro atoms. The summed E-state index contributed by atoms with van der Waals surface area (Å²) in [7, 11) is 0. The van der Waals surface area contributed by atoms with Gasteiger partial charge in [0, 0.05) is 5.56 Å². The number of guanidine groups is 1. The molecule has 0 amide bonds. The van der Waals surface area contributed by atoms with Gasteiger partial charge in [0.2, 0.25) is 5.95 Å². The number of nitrogens with one attached hydrogen (secondary N) is 2. The highest BCUT2D eigenvalue weighted by molar-refractivity contribution is 7.13. The standard InChI is InChI=1S/C16H13N7S/c17-15-20-14(9-8-18-22-13(9)12-6-3-7-24-12)23-11-5-2-1-4-10(11)19-16(23)21-15/h1-8,14H,(H,18,22)(H3,17,19,20,21). The van der Waals surface area contributed by atoms with Crippen molar-refractivity contribution in [3.63, 3.8) is 0 Å². The second-order valence-electron chi connectivity index (χ2n) is 5.48. The smallest absolute Gasteiger partial charge is 0.212 e. The maximum Gasteiger partial charge on any atom is 0.212 e. The Morgan fingerprint density at radius 1 is 1.17 bits per heavy atom. The topological polar surface area (TPSA) is 96.9 Å². The molecule has 0 saturated carbocycles. The van der Waals surface area contributed by atoms with Crippen LogP contribution in [0.3, 0.4) is 0 Å². The lowest BCUT2D eigenvalue weighted by Crippen LogP contribution is -2.31. The van der Waals surface area contributed by atoms with Crippen molar-refractivity contribution in [1.29, 1.82) is 0 Å². The van der Waals surface area contributed by atoms with Gasteiger partial charge in [-0.15, -0.1) is 11.3 Å². The van der Waals surface area contributed by atoms with Crippen molar-refractivity contribution in [2.24, 2.45) is 10.7 Å². The normalized spacial score (nSPS) is 16.7. The number of rotatable bonds is 2. The molecule has 1 unspecified atom stereocenters. The highest BCUT2D eigenvalue weighted by Gasteiger charge is 2.28. The van der Waals surface area contributed by atoms with E-state index in [1.807, 2.05) is 40.3 Å². The number of anilines is 1. The third kappa shape index (κ3) is 1.86. The van der Waals surface area contributed by atoms with Crippen molar-refractivity contribution in [3.8, 4) is 10.6 Å². The molecule has 0 aliphatic carbocycles. The monoisotopic (exact) mass is 335 g/mol. The first-order chi connectivity index (χ1) is 11.8. The first-order valence-electron chi connectivity index (χ1n) is 7.45. The predicted octanol–water partition coefficient (Wildman–Crippen LogP) is 2.78. The lowest BCUT2D eigenvalue weighted by Gasteiger charge is -2.23. The molecule has 1 aliphatic heterocycles. The van der Waals surface area contributed by atoms with E-state index in [2.05, 4.69) is 31.6 Å². The van der Waals surface area contributed by atoms with Crippen LogP contribution in [0.1, 0.15) is 11.7 Å². The van der Waals surface area contributed by atoms with Crippen molar-refractivity contribution in [2.45, 2.75) is 6.17 Å². The molecule has 1 aliphatic rings. The van der Waals surface area contributed by atoms with Crippen LogP contribution in [0.15, 0.2) is 53.0 Å². The van der Waals surface area contributed by atoms with E-state index in [1.165, 1.54) is 0 Å². The van der Waals surface area contributed by atoms with Crippen LogP contribution < -0.4 is 11.1 Å². The number of para-hydroxylation sites is 2. The lowest BCUT2D eigenvalue weighted by molar-refractivity contribution is 0.628. The van der Waals surface area contributed by atoms with Gasteiger partial charge in [0.15, 0.2) is 12.1 Å². The molecule has 118 valence electrons. The number of aromatic nitrogens is 4. The molecule has 3 aromatic heterocycles. The van der Waals surface area contributed by atoms with Crippen LogP contribution in [-0.2, 0) is 0 Å². The summed E-state index contributed by atoms with van der Waals surface area (Å²) in [6, 6.07) is 12.0. The first kappa shape index (κ1) is 13.3. The Hall–Kier alpha value is -3.13. The third-order valence-electron chi connectivity index (χ3n) is 4.06. The van der Waals surface area contributed by atoms with Gasteiger partial charge in [0.05, 0.1) is 27.8 Å². The molecule has 4 aromatic rings. The van der Waals surface area contributed by atoms with Gasteiger partial charge in [-0.25, -0.2) is 9.98 Å². The molecule has 0 saturated heterocycles. The van der Waals surface area contributed by atoms with E-state index in [9.17, 15) is 0 Å². The Morgan fingerprint density at radius 3 is 2.96 bits per heavy atom. The Morgan fingerprint density at radius 2 is 2.08 bits per heavy atom. The first-order valence-corrected chi connectivity index (χ1v) is 8.33. The SMILES string of the molecule is NC1=NC(c2cn[nH]c2-c2cccs2)n2c(nc3ccccc32)N1. The number of hydrogen-bond donors (Lipinski definition) is 3. The molecule has 1 atom stereocenters. The maximum atomic E-state index is 5.99. The predicted molar refractivity (Wildman–Crippen MR) is 95.0 cm³/mol. The Kier molecular flexibility index (Phi) is 2.74. The molecule has 5 rings (SSSR count). The molecule has 0 fully saturated rings. The summed E-state index contributed by atoms with van der Waals surface area (Å²) in [5.74, 6) is 1.04. The zero-order chi connectivity index (χ0) is 16.1. The summed E-state index contributed by atoms with van der Waals surface area (Å²) in [4.78, 5) is 10.3. The van der Waals surface area contributed by atoms with Crippen molar-refractivity contribution >= 4 is 34.3 Å².